The van der Waals surface area contributed by atoms with E-state index in [1.165, 1.54) is 55.6 Å². The molecule has 1 rings (SSSR count). The maximum absolute atomic E-state index is 9.97. The van der Waals surface area contributed by atoms with Gasteiger partial charge in [0.05, 0.1) is 0 Å². The van der Waals surface area contributed by atoms with Crippen LogP contribution in [0.25, 0.3) is 0 Å². The van der Waals surface area contributed by atoms with E-state index in [4.69, 9.17) is 0 Å². The van der Waals surface area contributed by atoms with Crippen molar-refractivity contribution in [3.63, 3.8) is 0 Å². The lowest BCUT2D eigenvalue weighted by molar-refractivity contribution is 0.385. The van der Waals surface area contributed by atoms with Crippen LogP contribution in [0.1, 0.15) is 69.4 Å². The molecule has 0 aromatic heterocycles. The number of aromatic hydroxyl groups is 1. The smallest absolute Gasteiger partial charge is 0.120 e. The Balaban J connectivity index is 2.30. The molecule has 2 nitrogen and oxygen atoms in total. The van der Waals surface area contributed by atoms with Crippen molar-refractivity contribution in [2.45, 2.75) is 64.8 Å². The van der Waals surface area contributed by atoms with Crippen LogP contribution in [0, 0.1) is 0 Å². The van der Waals surface area contributed by atoms with Crippen molar-refractivity contribution in [1.29, 1.82) is 0 Å². The number of hydrogen-bond acceptors (Lipinski definition) is 3. The summed E-state index contributed by atoms with van der Waals surface area (Å²) >= 11 is 2.07. The summed E-state index contributed by atoms with van der Waals surface area (Å²) in [6, 6.07) is 6.10. The molecule has 0 amide bonds. The first kappa shape index (κ1) is 20.4. The van der Waals surface area contributed by atoms with Gasteiger partial charge in [-0.2, -0.15) is 11.8 Å². The number of benzene rings is 1. The van der Waals surface area contributed by atoms with Crippen LogP contribution >= 0.6 is 11.8 Å². The van der Waals surface area contributed by atoms with E-state index in [-0.39, 0.29) is 0 Å². The molecular weight excluding hydrogens is 302 g/mol. The zero-order valence-electron chi connectivity index (χ0n) is 15.5. The highest BCUT2D eigenvalue weighted by Crippen LogP contribution is 2.26. The third-order valence-electron chi connectivity index (χ3n) is 4.17. The maximum Gasteiger partial charge on any atom is 0.120 e. The van der Waals surface area contributed by atoms with Crippen LogP contribution in [-0.4, -0.2) is 35.6 Å². The van der Waals surface area contributed by atoms with Crippen LogP contribution < -0.4 is 0 Å². The highest BCUT2D eigenvalue weighted by Gasteiger charge is 2.10. The van der Waals surface area contributed by atoms with E-state index in [2.05, 4.69) is 42.6 Å². The van der Waals surface area contributed by atoms with E-state index >= 15 is 0 Å². The zero-order chi connectivity index (χ0) is 17.1. The van der Waals surface area contributed by atoms with Crippen molar-refractivity contribution >= 4 is 11.8 Å². The van der Waals surface area contributed by atoms with Gasteiger partial charge in [0.1, 0.15) is 5.75 Å². The lowest BCUT2D eigenvalue weighted by atomic mass is 10.00. The van der Waals surface area contributed by atoms with Gasteiger partial charge in [-0.25, -0.2) is 0 Å². The number of unbranched alkanes of at least 4 members (excludes halogenated alkanes) is 5. The highest BCUT2D eigenvalue weighted by molar-refractivity contribution is 7.99. The fourth-order valence-corrected chi connectivity index (χ4v) is 3.84. The molecule has 1 aromatic carbocycles. The number of phenols is 1. The van der Waals surface area contributed by atoms with Crippen molar-refractivity contribution in [2.24, 2.45) is 0 Å². The van der Waals surface area contributed by atoms with Crippen molar-refractivity contribution in [3.8, 4) is 5.75 Å². The largest absolute Gasteiger partial charge is 0.508 e. The van der Waals surface area contributed by atoms with Gasteiger partial charge >= 0.3 is 0 Å². The minimum absolute atomic E-state index is 0.411. The molecule has 0 heterocycles. The Morgan fingerprint density at radius 2 is 1.78 bits per heavy atom. The van der Waals surface area contributed by atoms with Crippen LogP contribution in [0.3, 0.4) is 0 Å². The fourth-order valence-electron chi connectivity index (χ4n) is 2.72. The first-order valence-electron chi connectivity index (χ1n) is 9.08. The molecule has 3 heteroatoms. The molecule has 132 valence electrons. The Hall–Kier alpha value is -0.670. The monoisotopic (exact) mass is 337 g/mol. The van der Waals surface area contributed by atoms with E-state index in [1.54, 1.807) is 0 Å². The Labute approximate surface area is 147 Å². The first-order chi connectivity index (χ1) is 11.0. The fraction of sp³-hybridized carbons (Fsp3) is 0.700. The second-order valence-electron chi connectivity index (χ2n) is 6.87. The number of hydrogen-bond donors (Lipinski definition) is 1. The molecule has 23 heavy (non-hydrogen) atoms. The molecule has 0 aliphatic carbocycles. The van der Waals surface area contributed by atoms with Gasteiger partial charge in [-0.3, -0.25) is 0 Å². The van der Waals surface area contributed by atoms with Crippen LogP contribution in [0.15, 0.2) is 18.2 Å². The van der Waals surface area contributed by atoms with Crippen molar-refractivity contribution in [3.05, 3.63) is 29.3 Å². The summed E-state index contributed by atoms with van der Waals surface area (Å²) in [5.74, 6) is 3.40. The van der Waals surface area contributed by atoms with Crippen LogP contribution in [-0.2, 0) is 6.54 Å². The van der Waals surface area contributed by atoms with Gasteiger partial charge in [0.2, 0.25) is 0 Å². The van der Waals surface area contributed by atoms with Gasteiger partial charge in [-0.15, -0.1) is 0 Å². The number of phenolic OH excluding ortho intramolecular Hbond substituents is 1. The second kappa shape index (κ2) is 11.8. The zero-order valence-corrected chi connectivity index (χ0v) is 16.3. The molecule has 1 unspecified atom stereocenters. The number of nitrogens with zero attached hydrogens (tertiary/aromatic N) is 1. The normalized spacial score (nSPS) is 12.7. The van der Waals surface area contributed by atoms with Gasteiger partial charge < -0.3 is 10.0 Å². The molecule has 0 fully saturated rings. The van der Waals surface area contributed by atoms with E-state index in [0.717, 1.165) is 12.1 Å². The minimum Gasteiger partial charge on any atom is -0.508 e. The molecule has 0 bridgehead atoms. The Morgan fingerprint density at radius 1 is 1.09 bits per heavy atom. The number of rotatable bonds is 12. The van der Waals surface area contributed by atoms with E-state index < -0.39 is 0 Å². The van der Waals surface area contributed by atoms with Gasteiger partial charge in [-0.1, -0.05) is 58.1 Å². The lowest BCUT2D eigenvalue weighted by Gasteiger charge is -2.16. The van der Waals surface area contributed by atoms with Gasteiger partial charge in [0.25, 0.3) is 0 Å². The van der Waals surface area contributed by atoms with Crippen LogP contribution in [0.5, 0.6) is 5.75 Å². The molecular formula is C20H35NOS. The van der Waals surface area contributed by atoms with E-state index in [0.29, 0.717) is 11.7 Å². The molecule has 1 atom stereocenters. The van der Waals surface area contributed by atoms with Gasteiger partial charge in [0.15, 0.2) is 0 Å². The average molecular weight is 338 g/mol. The van der Waals surface area contributed by atoms with Crippen LogP contribution in [0.2, 0.25) is 0 Å². The average Bonchev–Trinajstić information content (AvgIpc) is 2.51. The summed E-state index contributed by atoms with van der Waals surface area (Å²) in [7, 11) is 4.07. The quantitative estimate of drug-likeness (QED) is 0.498. The number of thioether (sulfide) groups is 1. The summed E-state index contributed by atoms with van der Waals surface area (Å²) in [5.41, 5.74) is 2.37. The summed E-state index contributed by atoms with van der Waals surface area (Å²) in [5, 5.41) is 9.97. The SMILES string of the molecule is CCCCCCCCSCC(C)c1ccc(O)c(CN(C)C)c1. The molecule has 1 N–H and O–H groups in total. The van der Waals surface area contributed by atoms with E-state index in [1.807, 2.05) is 20.2 Å². The molecule has 0 radical (unpaired) electrons. The molecule has 0 saturated carbocycles. The second-order valence-corrected chi connectivity index (χ2v) is 8.02. The summed E-state index contributed by atoms with van der Waals surface area (Å²) in [6.07, 6.45) is 8.25. The molecule has 1 aromatic rings. The summed E-state index contributed by atoms with van der Waals surface area (Å²) in [6.45, 7) is 5.35. The standard InChI is InChI=1S/C20H35NOS/c1-5-6-7-8-9-10-13-23-16-17(2)18-11-12-20(22)19(14-18)15-21(3)4/h11-12,14,17,22H,5-10,13,15-16H2,1-4H3. The third kappa shape index (κ3) is 8.66. The lowest BCUT2D eigenvalue weighted by Crippen LogP contribution is -2.11. The first-order valence-corrected chi connectivity index (χ1v) is 10.2. The Morgan fingerprint density at radius 3 is 2.48 bits per heavy atom. The predicted octanol–water partition coefficient (Wildman–Crippen LogP) is 5.65. The Bertz CT molecular complexity index is 434. The summed E-state index contributed by atoms with van der Waals surface area (Å²) in [4.78, 5) is 2.09. The highest BCUT2D eigenvalue weighted by atomic mass is 32.2. The van der Waals surface area contributed by atoms with Gasteiger partial charge in [-0.05, 0) is 49.6 Å². The molecule has 0 spiro atoms. The van der Waals surface area contributed by atoms with Gasteiger partial charge in [0, 0.05) is 12.1 Å². The predicted molar refractivity (Wildman–Crippen MR) is 105 cm³/mol. The summed E-state index contributed by atoms with van der Waals surface area (Å²) < 4.78 is 0. The van der Waals surface area contributed by atoms with E-state index in [9.17, 15) is 5.11 Å². The van der Waals surface area contributed by atoms with Crippen molar-refractivity contribution < 1.29 is 5.11 Å². The topological polar surface area (TPSA) is 23.5 Å². The van der Waals surface area contributed by atoms with Crippen molar-refractivity contribution in [1.82, 2.24) is 4.90 Å². The third-order valence-corrected chi connectivity index (χ3v) is 5.48. The Kier molecular flexibility index (Phi) is 10.5. The molecule has 0 aliphatic heterocycles. The molecule has 0 saturated heterocycles. The van der Waals surface area contributed by atoms with Crippen LogP contribution in [0.4, 0.5) is 0 Å². The minimum atomic E-state index is 0.411. The molecule has 0 aliphatic rings. The van der Waals surface area contributed by atoms with Crippen molar-refractivity contribution in [2.75, 3.05) is 25.6 Å². The maximum atomic E-state index is 9.97.